The summed E-state index contributed by atoms with van der Waals surface area (Å²) in [5.41, 5.74) is 3.10. The molecule has 3 aromatic rings. The first-order valence-corrected chi connectivity index (χ1v) is 11.2. The summed E-state index contributed by atoms with van der Waals surface area (Å²) in [6.45, 7) is 3.59. The van der Waals surface area contributed by atoms with Crippen molar-refractivity contribution in [1.82, 2.24) is 4.98 Å². The van der Waals surface area contributed by atoms with Gasteiger partial charge in [0.05, 0.1) is 11.4 Å². The molecule has 1 N–H and O–H groups in total. The molecule has 0 atom stereocenters. The molecule has 0 aliphatic heterocycles. The first-order valence-electron chi connectivity index (χ1n) is 8.50. The highest BCUT2D eigenvalue weighted by Gasteiger charge is 2.20. The maximum absolute atomic E-state index is 13.5. The Morgan fingerprint density at radius 3 is 2.54 bits per heavy atom. The van der Waals surface area contributed by atoms with Crippen molar-refractivity contribution in [3.63, 3.8) is 0 Å². The Hall–Kier alpha value is -2.58. The van der Waals surface area contributed by atoms with Gasteiger partial charge in [0.2, 0.25) is 5.91 Å². The topological polar surface area (TPSA) is 76.1 Å². The van der Waals surface area contributed by atoms with E-state index in [1.165, 1.54) is 23.5 Å². The van der Waals surface area contributed by atoms with Crippen LogP contribution in [0.4, 0.5) is 10.1 Å². The summed E-state index contributed by atoms with van der Waals surface area (Å²) in [7, 11) is -3.71. The number of hydrogen-bond acceptors (Lipinski definition) is 5. The smallest absolute Gasteiger partial charge is 0.239 e. The molecule has 0 aliphatic rings. The van der Waals surface area contributed by atoms with Gasteiger partial charge in [-0.2, -0.15) is 0 Å². The predicted octanol–water partition coefficient (Wildman–Crippen LogP) is 4.12. The van der Waals surface area contributed by atoms with Crippen molar-refractivity contribution >= 4 is 32.8 Å². The first-order chi connectivity index (χ1) is 13.2. The summed E-state index contributed by atoms with van der Waals surface area (Å²) in [5, 5.41) is 4.82. The van der Waals surface area contributed by atoms with E-state index in [1.54, 1.807) is 12.3 Å². The van der Waals surface area contributed by atoms with E-state index in [1.807, 2.05) is 31.2 Å². The van der Waals surface area contributed by atoms with Gasteiger partial charge in [-0.15, -0.1) is 11.3 Å². The minimum atomic E-state index is -3.71. The van der Waals surface area contributed by atoms with Crippen molar-refractivity contribution in [1.29, 1.82) is 0 Å². The number of aryl methyl sites for hydroxylation is 2. The van der Waals surface area contributed by atoms with Gasteiger partial charge in [0.25, 0.3) is 0 Å². The molecule has 1 amide bonds. The maximum Gasteiger partial charge on any atom is 0.239 e. The van der Waals surface area contributed by atoms with Crippen LogP contribution in [0.5, 0.6) is 0 Å². The quantitative estimate of drug-likeness (QED) is 0.653. The summed E-state index contributed by atoms with van der Waals surface area (Å²) in [4.78, 5) is 16.4. The zero-order valence-electron chi connectivity index (χ0n) is 15.4. The number of amides is 1. The van der Waals surface area contributed by atoms with Crippen LogP contribution in [0.15, 0.2) is 47.8 Å². The molecule has 0 unspecified atom stereocenters. The molecule has 2 aromatic carbocycles. The Balaban J connectivity index is 1.64. The Morgan fingerprint density at radius 2 is 1.86 bits per heavy atom. The molecular weight excluding hydrogens is 399 g/mol. The number of carbonyl (C=O) groups excluding carboxylic acids is 1. The van der Waals surface area contributed by atoms with E-state index in [9.17, 15) is 17.6 Å². The van der Waals surface area contributed by atoms with Crippen LogP contribution < -0.4 is 5.32 Å². The third-order valence-electron chi connectivity index (χ3n) is 4.02. The van der Waals surface area contributed by atoms with E-state index >= 15 is 0 Å². The molecule has 0 spiro atoms. The van der Waals surface area contributed by atoms with E-state index in [4.69, 9.17) is 0 Å². The monoisotopic (exact) mass is 418 g/mol. The van der Waals surface area contributed by atoms with Gasteiger partial charge in [0.15, 0.2) is 9.84 Å². The molecule has 0 fully saturated rings. The second kappa shape index (κ2) is 8.20. The molecule has 0 bridgehead atoms. The highest BCUT2D eigenvalue weighted by molar-refractivity contribution is 7.91. The van der Waals surface area contributed by atoms with Gasteiger partial charge in [-0.3, -0.25) is 4.79 Å². The van der Waals surface area contributed by atoms with Crippen molar-refractivity contribution in [2.24, 2.45) is 0 Å². The zero-order chi connectivity index (χ0) is 20.3. The maximum atomic E-state index is 13.5. The van der Waals surface area contributed by atoms with Crippen LogP contribution in [0.1, 0.15) is 16.8 Å². The lowest BCUT2D eigenvalue weighted by molar-refractivity contribution is -0.113. The fourth-order valence-corrected chi connectivity index (χ4v) is 4.65. The third-order valence-corrected chi connectivity index (χ3v) is 6.40. The number of nitrogens with one attached hydrogen (secondary N) is 1. The van der Waals surface area contributed by atoms with E-state index in [-0.39, 0.29) is 11.4 Å². The number of hydrogen-bond donors (Lipinski definition) is 1. The van der Waals surface area contributed by atoms with Crippen LogP contribution >= 0.6 is 11.3 Å². The fraction of sp³-hybridized carbons (Fsp3) is 0.200. The summed E-state index contributed by atoms with van der Waals surface area (Å²) in [6.07, 6.45) is 0. The first kappa shape index (κ1) is 20.2. The lowest BCUT2D eigenvalue weighted by atomic mass is 10.2. The lowest BCUT2D eigenvalue weighted by Crippen LogP contribution is -2.24. The Morgan fingerprint density at radius 1 is 1.14 bits per heavy atom. The fourth-order valence-electron chi connectivity index (χ4n) is 2.55. The van der Waals surface area contributed by atoms with Crippen molar-refractivity contribution < 1.29 is 17.6 Å². The molecule has 1 heterocycles. The molecule has 28 heavy (non-hydrogen) atoms. The Kier molecular flexibility index (Phi) is 5.90. The summed E-state index contributed by atoms with van der Waals surface area (Å²) in [6, 6.07) is 12.0. The van der Waals surface area contributed by atoms with Crippen LogP contribution in [0.3, 0.4) is 0 Å². The number of halogens is 1. The number of sulfone groups is 1. The minimum absolute atomic E-state index is 0.221. The standard InChI is InChI=1S/C20H19FN2O3S2/c1-13-3-6-15(7-4-13)20-23-17(10-27-20)11-28(25,26)12-19(24)22-16-8-5-14(2)18(21)9-16/h3-10H,11-12H2,1-2H3,(H,22,24). The second-order valence-electron chi connectivity index (χ2n) is 6.55. The number of benzene rings is 2. The lowest BCUT2D eigenvalue weighted by Gasteiger charge is -2.07. The van der Waals surface area contributed by atoms with Crippen molar-refractivity contribution in [3.05, 3.63) is 70.5 Å². The number of thiazole rings is 1. The van der Waals surface area contributed by atoms with Crippen LogP contribution in [0, 0.1) is 19.7 Å². The van der Waals surface area contributed by atoms with Crippen molar-refractivity contribution in [2.45, 2.75) is 19.6 Å². The summed E-state index contributed by atoms with van der Waals surface area (Å²) < 4.78 is 38.2. The summed E-state index contributed by atoms with van der Waals surface area (Å²) in [5.74, 6) is -2.20. The molecule has 0 saturated carbocycles. The van der Waals surface area contributed by atoms with E-state index in [2.05, 4.69) is 10.3 Å². The molecule has 0 saturated heterocycles. The van der Waals surface area contributed by atoms with Gasteiger partial charge in [0.1, 0.15) is 16.6 Å². The average molecular weight is 419 g/mol. The van der Waals surface area contributed by atoms with E-state index in [0.29, 0.717) is 11.3 Å². The van der Waals surface area contributed by atoms with Gasteiger partial charge in [-0.25, -0.2) is 17.8 Å². The number of rotatable bonds is 6. The van der Waals surface area contributed by atoms with Crippen molar-refractivity contribution in [2.75, 3.05) is 11.1 Å². The SMILES string of the molecule is Cc1ccc(-c2nc(CS(=O)(=O)CC(=O)Nc3ccc(C)c(F)c3)cs2)cc1. The number of nitrogens with zero attached hydrogens (tertiary/aromatic N) is 1. The van der Waals surface area contributed by atoms with Gasteiger partial charge in [-0.05, 0) is 31.5 Å². The molecular formula is C20H19FN2O3S2. The van der Waals surface area contributed by atoms with Crippen LogP contribution in [-0.4, -0.2) is 25.1 Å². The molecule has 5 nitrogen and oxygen atoms in total. The molecule has 1 aromatic heterocycles. The largest absolute Gasteiger partial charge is 0.325 e. The molecule has 146 valence electrons. The van der Waals surface area contributed by atoms with Gasteiger partial charge in [0, 0.05) is 16.6 Å². The van der Waals surface area contributed by atoms with Crippen LogP contribution in [0.2, 0.25) is 0 Å². The van der Waals surface area contributed by atoms with Crippen molar-refractivity contribution in [3.8, 4) is 10.6 Å². The van der Waals surface area contributed by atoms with E-state index < -0.39 is 27.3 Å². The number of anilines is 1. The number of carbonyl (C=O) groups is 1. The highest BCUT2D eigenvalue weighted by atomic mass is 32.2. The normalized spacial score (nSPS) is 11.4. The Labute approximate surface area is 167 Å². The Bertz CT molecular complexity index is 1110. The molecule has 8 heteroatoms. The van der Waals surface area contributed by atoms with Gasteiger partial charge >= 0.3 is 0 Å². The van der Waals surface area contributed by atoms with Crippen LogP contribution in [-0.2, 0) is 20.4 Å². The summed E-state index contributed by atoms with van der Waals surface area (Å²) >= 11 is 1.36. The number of aromatic nitrogens is 1. The average Bonchev–Trinajstić information content (AvgIpc) is 3.05. The molecule has 3 rings (SSSR count). The predicted molar refractivity (Wildman–Crippen MR) is 110 cm³/mol. The molecule has 0 radical (unpaired) electrons. The van der Waals surface area contributed by atoms with Crippen LogP contribution in [0.25, 0.3) is 10.6 Å². The highest BCUT2D eigenvalue weighted by Crippen LogP contribution is 2.25. The van der Waals surface area contributed by atoms with Gasteiger partial charge < -0.3 is 5.32 Å². The third kappa shape index (κ3) is 5.24. The second-order valence-corrected chi connectivity index (χ2v) is 9.48. The minimum Gasteiger partial charge on any atom is -0.325 e. The van der Waals surface area contributed by atoms with E-state index in [0.717, 1.165) is 22.2 Å². The van der Waals surface area contributed by atoms with Gasteiger partial charge in [-0.1, -0.05) is 35.9 Å². The zero-order valence-corrected chi connectivity index (χ0v) is 17.0. The molecule has 0 aliphatic carbocycles.